The number of allylic oxidation sites excluding steroid dienone is 1. The van der Waals surface area contributed by atoms with Crippen molar-refractivity contribution in [1.82, 2.24) is 5.32 Å². The molecule has 1 amide bonds. The largest absolute Gasteiger partial charge is 0.481 e. The SMILES string of the molecule is C[C@]12CCC(=O)C=C1CC[C@@H]1[C@@H]2[C@@H](O)C[C@@]2(C)[C@H]1CC[C@]2(O)C(=O)COC(=O)CCC(=O)NC(CCC(=O)O)C(=O)O. The Morgan fingerprint density at radius 3 is 2.43 bits per heavy atom. The molecule has 232 valence electrons. The molecule has 0 bridgehead atoms. The maximum absolute atomic E-state index is 13.4. The van der Waals surface area contributed by atoms with E-state index in [0.29, 0.717) is 19.3 Å². The van der Waals surface area contributed by atoms with Gasteiger partial charge in [-0.15, -0.1) is 0 Å². The van der Waals surface area contributed by atoms with Crippen molar-refractivity contribution < 1.29 is 53.9 Å². The van der Waals surface area contributed by atoms with Gasteiger partial charge in [-0.05, 0) is 74.2 Å². The Morgan fingerprint density at radius 1 is 1.05 bits per heavy atom. The molecule has 12 nitrogen and oxygen atoms in total. The van der Waals surface area contributed by atoms with Gasteiger partial charge in [0.15, 0.2) is 12.4 Å². The fourth-order valence-corrected chi connectivity index (χ4v) is 8.50. The molecule has 0 aromatic carbocycles. The van der Waals surface area contributed by atoms with Gasteiger partial charge in [-0.3, -0.25) is 24.0 Å². The Bertz CT molecular complexity index is 1200. The molecule has 0 saturated heterocycles. The van der Waals surface area contributed by atoms with Crippen LogP contribution in [-0.2, 0) is 33.5 Å². The molecule has 3 saturated carbocycles. The monoisotopic (exact) mass is 591 g/mol. The molecule has 0 aromatic rings. The van der Waals surface area contributed by atoms with E-state index < -0.39 is 78.6 Å². The van der Waals surface area contributed by atoms with Crippen LogP contribution < -0.4 is 5.32 Å². The zero-order valence-electron chi connectivity index (χ0n) is 24.1. The van der Waals surface area contributed by atoms with Crippen LogP contribution in [0.2, 0.25) is 0 Å². The van der Waals surface area contributed by atoms with Crippen LogP contribution >= 0.6 is 0 Å². The normalized spacial score (nSPS) is 36.0. The van der Waals surface area contributed by atoms with Crippen LogP contribution in [0.1, 0.15) is 84.5 Å². The summed E-state index contributed by atoms with van der Waals surface area (Å²) in [6.45, 7) is 3.25. The third kappa shape index (κ3) is 5.75. The zero-order chi connectivity index (χ0) is 31.0. The van der Waals surface area contributed by atoms with Gasteiger partial charge < -0.3 is 30.5 Å². The van der Waals surface area contributed by atoms with Crippen molar-refractivity contribution in [2.45, 2.75) is 102 Å². The van der Waals surface area contributed by atoms with Crippen LogP contribution in [0.15, 0.2) is 11.6 Å². The van der Waals surface area contributed by atoms with Crippen LogP contribution in [0.25, 0.3) is 0 Å². The maximum Gasteiger partial charge on any atom is 0.326 e. The fourth-order valence-electron chi connectivity index (χ4n) is 8.50. The van der Waals surface area contributed by atoms with Gasteiger partial charge >= 0.3 is 17.9 Å². The molecule has 4 aliphatic carbocycles. The van der Waals surface area contributed by atoms with Gasteiger partial charge in [-0.2, -0.15) is 0 Å². The summed E-state index contributed by atoms with van der Waals surface area (Å²) in [6.07, 6.45) is 2.91. The number of carbonyl (C=O) groups excluding carboxylic acids is 4. The van der Waals surface area contributed by atoms with Crippen molar-refractivity contribution in [3.8, 4) is 0 Å². The van der Waals surface area contributed by atoms with Crippen LogP contribution in [0.3, 0.4) is 0 Å². The Hall–Kier alpha value is -3.12. The van der Waals surface area contributed by atoms with Crippen molar-refractivity contribution in [3.63, 3.8) is 0 Å². The standard InChI is InChI=1S/C30H41NO11/c1-28-11-9-17(32)13-16(28)3-4-18-19-10-12-30(41,29(19,2)14-21(33)26(18)28)22(34)15-42-25(38)8-6-23(35)31-20(27(39)40)5-7-24(36)37/h13,18-21,26,33,41H,3-12,14-15H2,1-2H3,(H,31,35)(H,36,37)(H,39,40)/t18-,19-,20?,21-,26+,28-,29-,30-/m0/s1. The van der Waals surface area contributed by atoms with E-state index >= 15 is 0 Å². The number of rotatable bonds is 11. The third-order valence-electron chi connectivity index (χ3n) is 10.7. The number of Topliss-reactive ketones (excluding diaryl/α,β-unsaturated/α-hetero) is 1. The minimum absolute atomic E-state index is 0.0291. The van der Waals surface area contributed by atoms with E-state index in [2.05, 4.69) is 12.2 Å². The summed E-state index contributed by atoms with van der Waals surface area (Å²) in [4.78, 5) is 71.8. The van der Waals surface area contributed by atoms with E-state index in [1.807, 2.05) is 6.92 Å². The number of aliphatic hydroxyl groups excluding tert-OH is 1. The number of carbonyl (C=O) groups is 6. The molecule has 0 radical (unpaired) electrons. The molecule has 42 heavy (non-hydrogen) atoms. The lowest BCUT2D eigenvalue weighted by atomic mass is 9.45. The summed E-state index contributed by atoms with van der Waals surface area (Å²) in [5, 5.41) is 43.3. The lowest BCUT2D eigenvalue weighted by Gasteiger charge is -2.60. The Morgan fingerprint density at radius 2 is 1.76 bits per heavy atom. The van der Waals surface area contributed by atoms with Crippen LogP contribution in [-0.4, -0.2) is 80.2 Å². The van der Waals surface area contributed by atoms with Crippen molar-refractivity contribution in [2.75, 3.05) is 6.61 Å². The molecular formula is C30H41NO11. The van der Waals surface area contributed by atoms with E-state index in [0.717, 1.165) is 18.4 Å². The first-order chi connectivity index (χ1) is 19.6. The molecule has 0 spiro atoms. The smallest absolute Gasteiger partial charge is 0.326 e. The molecular weight excluding hydrogens is 550 g/mol. The van der Waals surface area contributed by atoms with Gasteiger partial charge in [0.05, 0.1) is 12.5 Å². The molecule has 4 rings (SSSR count). The summed E-state index contributed by atoms with van der Waals surface area (Å²) in [5.74, 6) is -4.86. The molecule has 0 aliphatic heterocycles. The highest BCUT2D eigenvalue weighted by Crippen LogP contribution is 2.67. The van der Waals surface area contributed by atoms with Crippen molar-refractivity contribution >= 4 is 35.4 Å². The Kier molecular flexibility index (Phi) is 8.99. The van der Waals surface area contributed by atoms with E-state index in [1.165, 1.54) is 0 Å². The fraction of sp³-hybridized carbons (Fsp3) is 0.733. The summed E-state index contributed by atoms with van der Waals surface area (Å²) in [7, 11) is 0. The number of ether oxygens (including phenoxy) is 1. The molecule has 0 aromatic heterocycles. The van der Waals surface area contributed by atoms with E-state index in [1.54, 1.807) is 6.08 Å². The summed E-state index contributed by atoms with van der Waals surface area (Å²) >= 11 is 0. The lowest BCUT2D eigenvalue weighted by Crippen LogP contribution is -2.62. The molecule has 8 atom stereocenters. The van der Waals surface area contributed by atoms with Gasteiger partial charge in [0.25, 0.3) is 0 Å². The predicted molar refractivity (Wildman–Crippen MR) is 145 cm³/mol. The van der Waals surface area contributed by atoms with E-state index in [-0.39, 0.29) is 48.2 Å². The number of hydrogen-bond donors (Lipinski definition) is 5. The van der Waals surface area contributed by atoms with Crippen molar-refractivity contribution in [1.29, 1.82) is 0 Å². The third-order valence-corrected chi connectivity index (χ3v) is 10.7. The topological polar surface area (TPSA) is 205 Å². The number of carboxylic acids is 2. The summed E-state index contributed by atoms with van der Waals surface area (Å²) in [5.41, 5.74) is -1.95. The number of aliphatic hydroxyl groups is 2. The highest BCUT2D eigenvalue weighted by molar-refractivity contribution is 5.92. The highest BCUT2D eigenvalue weighted by Gasteiger charge is 2.68. The summed E-state index contributed by atoms with van der Waals surface area (Å²) in [6, 6.07) is -1.42. The highest BCUT2D eigenvalue weighted by atomic mass is 16.5. The first kappa shape index (κ1) is 31.8. The second kappa shape index (κ2) is 11.9. The molecule has 1 unspecified atom stereocenters. The second-order valence-electron chi connectivity index (χ2n) is 13.0. The molecule has 0 heterocycles. The number of nitrogens with one attached hydrogen (secondary N) is 1. The van der Waals surface area contributed by atoms with E-state index in [9.17, 15) is 39.0 Å². The maximum atomic E-state index is 13.4. The van der Waals surface area contributed by atoms with Crippen molar-refractivity contribution in [3.05, 3.63) is 11.6 Å². The molecule has 5 N–H and O–H groups in total. The zero-order valence-corrected chi connectivity index (χ0v) is 24.1. The average Bonchev–Trinajstić information content (AvgIpc) is 3.19. The lowest BCUT2D eigenvalue weighted by molar-refractivity contribution is -0.184. The number of hydrogen-bond acceptors (Lipinski definition) is 9. The van der Waals surface area contributed by atoms with Crippen LogP contribution in [0.5, 0.6) is 0 Å². The first-order valence-corrected chi connectivity index (χ1v) is 14.7. The molecule has 4 aliphatic rings. The number of esters is 1. The number of carboxylic acid groups (broad SMARTS) is 2. The van der Waals surface area contributed by atoms with Crippen LogP contribution in [0.4, 0.5) is 0 Å². The number of amides is 1. The average molecular weight is 592 g/mol. The first-order valence-electron chi connectivity index (χ1n) is 14.7. The van der Waals surface area contributed by atoms with Gasteiger partial charge in [0.2, 0.25) is 11.7 Å². The van der Waals surface area contributed by atoms with Gasteiger partial charge in [-0.25, -0.2) is 4.79 Å². The predicted octanol–water partition coefficient (Wildman–Crippen LogP) is 1.55. The number of fused-ring (bicyclic) bond motifs is 5. The van der Waals surface area contributed by atoms with Gasteiger partial charge in [-0.1, -0.05) is 19.4 Å². The summed E-state index contributed by atoms with van der Waals surface area (Å²) < 4.78 is 5.09. The van der Waals surface area contributed by atoms with Gasteiger partial charge in [0.1, 0.15) is 11.6 Å². The van der Waals surface area contributed by atoms with E-state index in [4.69, 9.17) is 14.9 Å². The minimum atomic E-state index is -1.81. The Labute approximate surface area is 243 Å². The van der Waals surface area contributed by atoms with Crippen LogP contribution in [0, 0.1) is 28.6 Å². The molecule has 12 heteroatoms. The quantitative estimate of drug-likeness (QED) is 0.218. The van der Waals surface area contributed by atoms with Crippen molar-refractivity contribution in [2.24, 2.45) is 28.6 Å². The molecule has 3 fully saturated rings. The number of ketones is 2. The number of aliphatic carboxylic acids is 2. The Balaban J connectivity index is 1.34. The minimum Gasteiger partial charge on any atom is -0.481 e. The van der Waals surface area contributed by atoms with Gasteiger partial charge in [0, 0.05) is 24.7 Å². The second-order valence-corrected chi connectivity index (χ2v) is 13.0.